The van der Waals surface area contributed by atoms with Crippen molar-refractivity contribution in [3.05, 3.63) is 82.9 Å². The third kappa shape index (κ3) is 6.34. The van der Waals surface area contributed by atoms with Crippen molar-refractivity contribution in [3.63, 3.8) is 0 Å². The fourth-order valence-corrected chi connectivity index (χ4v) is 4.50. The number of hydroxylamine groups is 2. The highest BCUT2D eigenvalue weighted by atomic mass is 16.7. The molecule has 9 heteroatoms. The van der Waals surface area contributed by atoms with Gasteiger partial charge in [-0.05, 0) is 54.8 Å². The zero-order valence-corrected chi connectivity index (χ0v) is 23.1. The summed E-state index contributed by atoms with van der Waals surface area (Å²) < 4.78 is 16.9. The number of hydrogen-bond acceptors (Lipinski definition) is 8. The predicted octanol–water partition coefficient (Wildman–Crippen LogP) is 4.86. The molecule has 0 saturated carbocycles. The molecule has 2 amide bonds. The van der Waals surface area contributed by atoms with E-state index in [1.807, 2.05) is 12.1 Å². The van der Waals surface area contributed by atoms with Crippen LogP contribution in [0.15, 0.2) is 60.7 Å². The second-order valence-corrected chi connectivity index (χ2v) is 9.31. The topological polar surface area (TPSA) is 112 Å². The van der Waals surface area contributed by atoms with Crippen LogP contribution in [0.25, 0.3) is 0 Å². The number of carbonyl (C=O) groups excluding carboxylic acids is 3. The van der Waals surface area contributed by atoms with Crippen molar-refractivity contribution in [2.24, 2.45) is 0 Å². The number of benzene rings is 3. The minimum Gasteiger partial charge on any atom is -0.497 e. The molecule has 3 aromatic carbocycles. The van der Waals surface area contributed by atoms with E-state index in [0.717, 1.165) is 0 Å². The molecule has 1 atom stereocenters. The predicted molar refractivity (Wildman–Crippen MR) is 149 cm³/mol. The maximum absolute atomic E-state index is 12.2. The van der Waals surface area contributed by atoms with Crippen LogP contribution >= 0.6 is 0 Å². The zero-order valence-electron chi connectivity index (χ0n) is 23.1. The lowest BCUT2D eigenvalue weighted by atomic mass is 9.78. The lowest BCUT2D eigenvalue weighted by Crippen LogP contribution is -2.32. The third-order valence-corrected chi connectivity index (χ3v) is 6.60. The summed E-state index contributed by atoms with van der Waals surface area (Å²) in [4.78, 5) is 39.6. The molecule has 1 unspecified atom stereocenters. The van der Waals surface area contributed by atoms with Crippen molar-refractivity contribution >= 4 is 18.3 Å². The summed E-state index contributed by atoms with van der Waals surface area (Å²) in [5.74, 6) is 6.99. The van der Waals surface area contributed by atoms with Gasteiger partial charge in [-0.25, -0.2) is 4.79 Å². The van der Waals surface area contributed by atoms with Crippen molar-refractivity contribution in [1.29, 1.82) is 0 Å². The van der Waals surface area contributed by atoms with Crippen LogP contribution in [0, 0.1) is 11.8 Å². The van der Waals surface area contributed by atoms with Crippen molar-refractivity contribution < 1.29 is 38.5 Å². The second kappa shape index (κ2) is 13.0. The molecule has 0 radical (unpaired) electrons. The van der Waals surface area contributed by atoms with Crippen LogP contribution < -0.4 is 14.2 Å². The lowest BCUT2D eigenvalue weighted by Gasteiger charge is -2.36. The van der Waals surface area contributed by atoms with E-state index in [2.05, 4.69) is 11.8 Å². The van der Waals surface area contributed by atoms with Crippen LogP contribution in [0.3, 0.4) is 0 Å². The number of nitrogens with zero attached hydrogens (tertiary/aromatic N) is 1. The first-order valence-electron chi connectivity index (χ1n) is 13.2. The van der Waals surface area contributed by atoms with Crippen molar-refractivity contribution in [2.45, 2.75) is 44.6 Å². The minimum atomic E-state index is -1.50. The van der Waals surface area contributed by atoms with E-state index < -0.39 is 17.5 Å². The molecule has 1 heterocycles. The van der Waals surface area contributed by atoms with E-state index in [0.29, 0.717) is 69.6 Å². The zero-order chi connectivity index (χ0) is 29.4. The number of carbonyl (C=O) groups is 3. The van der Waals surface area contributed by atoms with Crippen LogP contribution in [-0.2, 0) is 24.8 Å². The van der Waals surface area contributed by atoms with Crippen LogP contribution in [0.5, 0.6) is 23.0 Å². The summed E-state index contributed by atoms with van der Waals surface area (Å²) in [6, 6.07) is 17.8. The minimum absolute atomic E-state index is 0.000759. The molecule has 1 aliphatic rings. The van der Waals surface area contributed by atoms with E-state index in [4.69, 9.17) is 19.0 Å². The summed E-state index contributed by atoms with van der Waals surface area (Å²) in [6.07, 6.45) is 1.60. The standard InChI is InChI=1S/C32H31NO8/c1-4-8-30(35)33(21-34)41-31(36)10-7-5-6-9-22-11-17-26-28(19-22)40-29-20-25(39-3)16-18-27(29)32(26,37)23-12-14-24(38-2)15-13-23/h11-21,37H,4-5,7-8,10H2,1-3H3. The van der Waals surface area contributed by atoms with E-state index in [1.165, 1.54) is 0 Å². The van der Waals surface area contributed by atoms with Gasteiger partial charge in [0.15, 0.2) is 0 Å². The molecule has 1 aliphatic heterocycles. The second-order valence-electron chi connectivity index (χ2n) is 9.31. The number of methoxy groups -OCH3 is 2. The van der Waals surface area contributed by atoms with Gasteiger partial charge >= 0.3 is 5.97 Å². The Balaban J connectivity index is 1.51. The van der Waals surface area contributed by atoms with Gasteiger partial charge in [0, 0.05) is 42.0 Å². The molecule has 1 N–H and O–H groups in total. The van der Waals surface area contributed by atoms with Crippen molar-refractivity contribution in [2.75, 3.05) is 14.2 Å². The number of fused-ring (bicyclic) bond motifs is 2. The summed E-state index contributed by atoms with van der Waals surface area (Å²) in [7, 11) is 3.15. The Labute approximate surface area is 238 Å². The molecule has 0 saturated heterocycles. The molecular formula is C32H31NO8. The van der Waals surface area contributed by atoms with Crippen LogP contribution in [-0.4, -0.2) is 42.7 Å². The molecule has 9 nitrogen and oxygen atoms in total. The van der Waals surface area contributed by atoms with Crippen LogP contribution in [0.4, 0.5) is 0 Å². The highest BCUT2D eigenvalue weighted by Gasteiger charge is 2.42. The van der Waals surface area contributed by atoms with Crippen LogP contribution in [0.1, 0.15) is 61.3 Å². The molecule has 212 valence electrons. The van der Waals surface area contributed by atoms with Gasteiger partial charge in [0.25, 0.3) is 12.3 Å². The van der Waals surface area contributed by atoms with Gasteiger partial charge < -0.3 is 24.2 Å². The van der Waals surface area contributed by atoms with E-state index >= 15 is 0 Å². The van der Waals surface area contributed by atoms with Gasteiger partial charge in [-0.2, -0.15) is 0 Å². The Morgan fingerprint density at radius 1 is 0.951 bits per heavy atom. The molecule has 0 aromatic heterocycles. The van der Waals surface area contributed by atoms with E-state index in [-0.39, 0.29) is 19.3 Å². The van der Waals surface area contributed by atoms with Crippen LogP contribution in [0.2, 0.25) is 0 Å². The Bertz CT molecular complexity index is 1490. The normalized spacial score (nSPS) is 14.7. The first-order chi connectivity index (χ1) is 19.8. The number of ether oxygens (including phenoxy) is 3. The number of hydrogen-bond donors (Lipinski definition) is 1. The fourth-order valence-electron chi connectivity index (χ4n) is 4.50. The van der Waals surface area contributed by atoms with E-state index in [1.54, 1.807) is 69.7 Å². The summed E-state index contributed by atoms with van der Waals surface area (Å²) in [5.41, 5.74) is 0.940. The third-order valence-electron chi connectivity index (χ3n) is 6.60. The maximum Gasteiger partial charge on any atom is 0.333 e. The van der Waals surface area contributed by atoms with Gasteiger partial charge in [-0.15, -0.1) is 5.06 Å². The molecule has 41 heavy (non-hydrogen) atoms. The smallest absolute Gasteiger partial charge is 0.333 e. The highest BCUT2D eigenvalue weighted by molar-refractivity contribution is 5.86. The van der Waals surface area contributed by atoms with Gasteiger partial charge in [0.2, 0.25) is 0 Å². The number of rotatable bonds is 9. The SMILES string of the molecule is CCCC(=O)N(C=O)OC(=O)CCCC#Cc1ccc2c(c1)Oc1cc(OC)ccc1C2(O)c1ccc(OC)cc1. The quantitative estimate of drug-likeness (QED) is 0.172. The van der Waals surface area contributed by atoms with Gasteiger partial charge in [0.1, 0.15) is 28.6 Å². The Hall–Kier alpha value is -4.81. The van der Waals surface area contributed by atoms with Gasteiger partial charge in [-0.3, -0.25) is 9.59 Å². The molecule has 4 rings (SSSR count). The first-order valence-corrected chi connectivity index (χ1v) is 13.2. The summed E-state index contributed by atoms with van der Waals surface area (Å²) in [5, 5.41) is 12.7. The molecular weight excluding hydrogens is 526 g/mol. The maximum atomic E-state index is 12.2. The lowest BCUT2D eigenvalue weighted by molar-refractivity contribution is -0.196. The molecule has 0 fully saturated rings. The Morgan fingerprint density at radius 2 is 1.61 bits per heavy atom. The number of aliphatic hydroxyl groups is 1. The molecule has 3 aromatic rings. The average molecular weight is 558 g/mol. The monoisotopic (exact) mass is 557 g/mol. The number of amides is 2. The summed E-state index contributed by atoms with van der Waals surface area (Å²) in [6.45, 7) is 1.78. The van der Waals surface area contributed by atoms with Crippen molar-refractivity contribution in [1.82, 2.24) is 5.06 Å². The fraction of sp³-hybridized carbons (Fsp3) is 0.281. The van der Waals surface area contributed by atoms with Gasteiger partial charge in [0.05, 0.1) is 14.2 Å². The number of imide groups is 1. The average Bonchev–Trinajstić information content (AvgIpc) is 2.99. The largest absolute Gasteiger partial charge is 0.497 e. The number of unbranched alkanes of at least 4 members (excludes halogenated alkanes) is 1. The Kier molecular flexibility index (Phi) is 9.27. The van der Waals surface area contributed by atoms with Gasteiger partial charge in [-0.1, -0.05) is 37.0 Å². The molecule has 0 spiro atoms. The first kappa shape index (κ1) is 29.2. The van der Waals surface area contributed by atoms with Crippen molar-refractivity contribution in [3.8, 4) is 34.8 Å². The van der Waals surface area contributed by atoms with E-state index in [9.17, 15) is 19.5 Å². The Morgan fingerprint density at radius 3 is 2.27 bits per heavy atom. The molecule has 0 bridgehead atoms. The highest BCUT2D eigenvalue weighted by Crippen LogP contribution is 2.51. The summed E-state index contributed by atoms with van der Waals surface area (Å²) >= 11 is 0. The molecule has 0 aliphatic carbocycles.